The first-order valence-corrected chi connectivity index (χ1v) is 8.98. The Bertz CT molecular complexity index is 1220. The average molecular weight is 368 g/mol. The van der Waals surface area contributed by atoms with Crippen molar-refractivity contribution in [1.29, 1.82) is 0 Å². The van der Waals surface area contributed by atoms with Gasteiger partial charge < -0.3 is 10.1 Å². The van der Waals surface area contributed by atoms with Gasteiger partial charge in [-0.25, -0.2) is 14.5 Å². The van der Waals surface area contributed by atoms with Crippen molar-refractivity contribution in [2.75, 3.05) is 0 Å². The Morgan fingerprint density at radius 3 is 2.96 bits per heavy atom. The summed E-state index contributed by atoms with van der Waals surface area (Å²) in [5.74, 6) is -1.09. The number of carboxylic acid groups (broad SMARTS) is 1. The lowest BCUT2D eigenvalue weighted by Crippen LogP contribution is -2.22. The van der Waals surface area contributed by atoms with E-state index in [-0.39, 0.29) is 16.5 Å². The Balaban J connectivity index is 1.98. The maximum Gasteiger partial charge on any atom is 0.337 e. The fourth-order valence-corrected chi connectivity index (χ4v) is 4.59. The summed E-state index contributed by atoms with van der Waals surface area (Å²) >= 11 is 1.34. The third-order valence-corrected chi connectivity index (χ3v) is 5.70. The quantitative estimate of drug-likeness (QED) is 0.577. The predicted molar refractivity (Wildman–Crippen MR) is 100 cm³/mol. The van der Waals surface area contributed by atoms with Crippen molar-refractivity contribution in [3.05, 3.63) is 56.6 Å². The van der Waals surface area contributed by atoms with Gasteiger partial charge in [0.05, 0.1) is 21.3 Å². The van der Waals surface area contributed by atoms with E-state index < -0.39 is 5.97 Å². The Morgan fingerprint density at radius 2 is 2.23 bits per heavy atom. The Kier molecular flexibility index (Phi) is 3.84. The summed E-state index contributed by atoms with van der Waals surface area (Å²) in [6.45, 7) is 1.94. The number of hydrogen-bond donors (Lipinski definition) is 2. The minimum absolute atomic E-state index is 0.0842. The molecule has 0 saturated heterocycles. The van der Waals surface area contributed by atoms with Crippen LogP contribution in [0.4, 0.5) is 0 Å². The average Bonchev–Trinajstić information content (AvgIpc) is 3.20. The largest absolute Gasteiger partial charge is 0.478 e. The number of aromatic amines is 1. The van der Waals surface area contributed by atoms with Gasteiger partial charge in [0.1, 0.15) is 5.65 Å². The standard InChI is InChI=1S/C18H16N4O3S/c1-3-11-15-14(17(23)22(2)21-11)13(18(24)25)12(26-15)7-9-8-20-16-10(9)5-4-6-19-16/h4-6,8H,3,7H2,1-2H3,(H,19,20)(H,24,25). The molecule has 0 aromatic carbocycles. The smallest absolute Gasteiger partial charge is 0.337 e. The maximum atomic E-state index is 12.6. The van der Waals surface area contributed by atoms with Gasteiger partial charge in [-0.1, -0.05) is 6.92 Å². The molecule has 4 rings (SSSR count). The Labute approximate surface area is 151 Å². The van der Waals surface area contributed by atoms with Crippen molar-refractivity contribution in [2.24, 2.45) is 7.05 Å². The van der Waals surface area contributed by atoms with E-state index in [1.54, 1.807) is 13.2 Å². The lowest BCUT2D eigenvalue weighted by molar-refractivity contribution is 0.0698. The van der Waals surface area contributed by atoms with E-state index in [9.17, 15) is 14.7 Å². The molecule has 0 fully saturated rings. The first kappa shape index (κ1) is 16.5. The molecule has 4 aromatic heterocycles. The topological polar surface area (TPSA) is 101 Å². The molecule has 0 spiro atoms. The van der Waals surface area contributed by atoms with Gasteiger partial charge in [-0.05, 0) is 24.1 Å². The monoisotopic (exact) mass is 368 g/mol. The normalized spacial score (nSPS) is 11.5. The molecular formula is C18H16N4O3S. The van der Waals surface area contributed by atoms with Crippen LogP contribution in [0.2, 0.25) is 0 Å². The zero-order valence-corrected chi connectivity index (χ0v) is 15.1. The van der Waals surface area contributed by atoms with Crippen LogP contribution in [-0.4, -0.2) is 30.8 Å². The van der Waals surface area contributed by atoms with E-state index in [4.69, 9.17) is 0 Å². The number of carboxylic acids is 1. The van der Waals surface area contributed by atoms with Crippen molar-refractivity contribution in [3.63, 3.8) is 0 Å². The summed E-state index contributed by atoms with van der Waals surface area (Å²) in [5, 5.41) is 15.3. The number of carbonyl (C=O) groups is 1. The molecular weight excluding hydrogens is 352 g/mol. The number of thiophene rings is 1. The highest BCUT2D eigenvalue weighted by atomic mass is 32.1. The number of hydrogen-bond acceptors (Lipinski definition) is 5. The first-order chi connectivity index (χ1) is 12.5. The number of aromatic nitrogens is 4. The molecule has 0 saturated carbocycles. The van der Waals surface area contributed by atoms with Gasteiger partial charge in [0.2, 0.25) is 0 Å². The SMILES string of the molecule is CCc1nn(C)c(=O)c2c(C(=O)O)c(Cc3c[nH]c4ncccc34)sc12. The number of aryl methyl sites for hydroxylation is 2. The second kappa shape index (κ2) is 6.06. The second-order valence-corrected chi connectivity index (χ2v) is 7.13. The van der Waals surface area contributed by atoms with Gasteiger partial charge in [-0.2, -0.15) is 5.10 Å². The molecule has 4 aromatic rings. The van der Waals surface area contributed by atoms with Crippen molar-refractivity contribution >= 4 is 38.4 Å². The highest BCUT2D eigenvalue weighted by molar-refractivity contribution is 7.19. The molecule has 0 aliphatic heterocycles. The summed E-state index contributed by atoms with van der Waals surface area (Å²) < 4.78 is 1.89. The van der Waals surface area contributed by atoms with Gasteiger partial charge in [-0.15, -0.1) is 11.3 Å². The molecule has 0 bridgehead atoms. The summed E-state index contributed by atoms with van der Waals surface area (Å²) in [5.41, 5.74) is 2.15. The van der Waals surface area contributed by atoms with Crippen LogP contribution >= 0.6 is 11.3 Å². The van der Waals surface area contributed by atoms with Crippen LogP contribution < -0.4 is 5.56 Å². The molecule has 0 radical (unpaired) electrons. The van der Waals surface area contributed by atoms with Crippen LogP contribution in [-0.2, 0) is 19.9 Å². The number of pyridine rings is 1. The van der Waals surface area contributed by atoms with E-state index in [0.29, 0.717) is 22.4 Å². The number of nitrogens with zero attached hydrogens (tertiary/aromatic N) is 3. The lowest BCUT2D eigenvalue weighted by Gasteiger charge is -2.02. The van der Waals surface area contributed by atoms with Crippen LogP contribution in [0.3, 0.4) is 0 Å². The van der Waals surface area contributed by atoms with E-state index in [1.807, 2.05) is 25.3 Å². The molecule has 0 aliphatic rings. The van der Waals surface area contributed by atoms with Gasteiger partial charge in [0.15, 0.2) is 0 Å². The summed E-state index contributed by atoms with van der Waals surface area (Å²) in [4.78, 5) is 32.6. The Morgan fingerprint density at radius 1 is 1.42 bits per heavy atom. The number of H-pyrrole nitrogens is 1. The number of fused-ring (bicyclic) bond motifs is 2. The summed E-state index contributed by atoms with van der Waals surface area (Å²) in [6.07, 6.45) is 4.58. The number of nitrogens with one attached hydrogen (secondary N) is 1. The van der Waals surface area contributed by atoms with Crippen molar-refractivity contribution in [2.45, 2.75) is 19.8 Å². The minimum atomic E-state index is -1.09. The Hall–Kier alpha value is -3.00. The van der Waals surface area contributed by atoms with Crippen LogP contribution in [0.5, 0.6) is 0 Å². The van der Waals surface area contributed by atoms with Crippen LogP contribution in [0.15, 0.2) is 29.3 Å². The second-order valence-electron chi connectivity index (χ2n) is 6.03. The van der Waals surface area contributed by atoms with E-state index in [1.165, 1.54) is 16.0 Å². The number of rotatable bonds is 4. The molecule has 0 unspecified atom stereocenters. The molecule has 8 heteroatoms. The molecule has 2 N–H and O–H groups in total. The molecule has 0 atom stereocenters. The van der Waals surface area contributed by atoms with Crippen LogP contribution in [0.25, 0.3) is 21.1 Å². The highest BCUT2D eigenvalue weighted by Crippen LogP contribution is 2.34. The molecule has 0 aliphatic carbocycles. The molecule has 26 heavy (non-hydrogen) atoms. The zero-order chi connectivity index (χ0) is 18.4. The first-order valence-electron chi connectivity index (χ1n) is 8.17. The molecule has 0 amide bonds. The van der Waals surface area contributed by atoms with Gasteiger partial charge in [-0.3, -0.25) is 4.79 Å². The fourth-order valence-electron chi connectivity index (χ4n) is 3.23. The van der Waals surface area contributed by atoms with Crippen LogP contribution in [0, 0.1) is 0 Å². The third-order valence-electron chi connectivity index (χ3n) is 4.46. The van der Waals surface area contributed by atoms with Gasteiger partial charge in [0.25, 0.3) is 5.56 Å². The van der Waals surface area contributed by atoms with Crippen molar-refractivity contribution < 1.29 is 9.90 Å². The van der Waals surface area contributed by atoms with E-state index in [2.05, 4.69) is 15.1 Å². The molecule has 4 heterocycles. The third kappa shape index (κ3) is 2.41. The zero-order valence-electron chi connectivity index (χ0n) is 14.2. The molecule has 7 nitrogen and oxygen atoms in total. The van der Waals surface area contributed by atoms with Crippen LogP contribution in [0.1, 0.15) is 33.4 Å². The van der Waals surface area contributed by atoms with E-state index >= 15 is 0 Å². The minimum Gasteiger partial charge on any atom is -0.478 e. The number of aromatic carboxylic acids is 1. The highest BCUT2D eigenvalue weighted by Gasteiger charge is 2.24. The van der Waals surface area contributed by atoms with Gasteiger partial charge in [0, 0.05) is 36.1 Å². The molecule has 132 valence electrons. The fraction of sp³-hybridized carbons (Fsp3) is 0.222. The summed E-state index contributed by atoms with van der Waals surface area (Å²) in [7, 11) is 1.55. The van der Waals surface area contributed by atoms with E-state index in [0.717, 1.165) is 22.3 Å². The van der Waals surface area contributed by atoms with Gasteiger partial charge >= 0.3 is 5.97 Å². The van der Waals surface area contributed by atoms with Crippen molar-refractivity contribution in [3.8, 4) is 0 Å². The summed E-state index contributed by atoms with van der Waals surface area (Å²) in [6, 6.07) is 3.79. The maximum absolute atomic E-state index is 12.6. The lowest BCUT2D eigenvalue weighted by atomic mass is 10.1. The van der Waals surface area contributed by atoms with Crippen molar-refractivity contribution in [1.82, 2.24) is 19.7 Å². The predicted octanol–water partition coefficient (Wildman–Crippen LogP) is 2.72.